The predicted octanol–water partition coefficient (Wildman–Crippen LogP) is 3.00. The molecule has 0 unspecified atom stereocenters. The zero-order valence-electron chi connectivity index (χ0n) is 15.4. The summed E-state index contributed by atoms with van der Waals surface area (Å²) in [6, 6.07) is 8.41. The zero-order chi connectivity index (χ0) is 18.0. The number of benzene rings is 1. The molecule has 0 radical (unpaired) electrons. The summed E-state index contributed by atoms with van der Waals surface area (Å²) in [7, 11) is 4.06. The first-order chi connectivity index (χ1) is 12.0. The second kappa shape index (κ2) is 7.31. The Hall–Kier alpha value is -2.27. The van der Waals surface area contributed by atoms with Gasteiger partial charge >= 0.3 is 0 Å². The molecular formula is C20H26N4O. The van der Waals surface area contributed by atoms with E-state index in [2.05, 4.69) is 39.2 Å². The minimum Gasteiger partial charge on any atom is -0.350 e. The van der Waals surface area contributed by atoms with Gasteiger partial charge in [0.2, 0.25) is 0 Å². The summed E-state index contributed by atoms with van der Waals surface area (Å²) in [5.41, 5.74) is 3.77. The molecule has 1 aromatic carbocycles. The van der Waals surface area contributed by atoms with Crippen molar-refractivity contribution >= 4 is 5.91 Å². The van der Waals surface area contributed by atoms with Crippen molar-refractivity contribution in [3.05, 3.63) is 58.7 Å². The Bertz CT molecular complexity index is 768. The SMILES string of the molecule is Cc1ccccc1[C@@H](CNC(=O)c1cnc(C2CC2)nc1C)N(C)C. The molecule has 1 amide bonds. The average molecular weight is 338 g/mol. The van der Waals surface area contributed by atoms with Gasteiger partial charge in [-0.15, -0.1) is 0 Å². The van der Waals surface area contributed by atoms with Gasteiger partial charge in [-0.1, -0.05) is 24.3 Å². The van der Waals surface area contributed by atoms with Crippen LogP contribution >= 0.6 is 0 Å². The molecule has 1 aromatic heterocycles. The van der Waals surface area contributed by atoms with Gasteiger partial charge in [-0.2, -0.15) is 0 Å². The van der Waals surface area contributed by atoms with Crippen LogP contribution in [0.5, 0.6) is 0 Å². The zero-order valence-corrected chi connectivity index (χ0v) is 15.4. The Morgan fingerprint density at radius 2 is 2.00 bits per heavy atom. The molecular weight excluding hydrogens is 312 g/mol. The predicted molar refractivity (Wildman–Crippen MR) is 98.7 cm³/mol. The highest BCUT2D eigenvalue weighted by Gasteiger charge is 2.27. The van der Waals surface area contributed by atoms with Gasteiger partial charge in [0.05, 0.1) is 17.3 Å². The second-order valence-electron chi connectivity index (χ2n) is 7.05. The molecule has 0 aliphatic heterocycles. The van der Waals surface area contributed by atoms with Crippen molar-refractivity contribution in [1.82, 2.24) is 20.2 Å². The maximum atomic E-state index is 12.6. The summed E-state index contributed by atoms with van der Waals surface area (Å²) in [6.45, 7) is 4.52. The van der Waals surface area contributed by atoms with Gasteiger partial charge in [0.1, 0.15) is 5.82 Å². The number of carbonyl (C=O) groups excluding carboxylic acids is 1. The van der Waals surface area contributed by atoms with Gasteiger partial charge in [0, 0.05) is 18.7 Å². The lowest BCUT2D eigenvalue weighted by Gasteiger charge is -2.26. The molecule has 25 heavy (non-hydrogen) atoms. The lowest BCUT2D eigenvalue weighted by molar-refractivity contribution is 0.0940. The van der Waals surface area contributed by atoms with Crippen molar-refractivity contribution in [2.45, 2.75) is 38.6 Å². The van der Waals surface area contributed by atoms with Crippen molar-refractivity contribution in [3.8, 4) is 0 Å². The van der Waals surface area contributed by atoms with E-state index < -0.39 is 0 Å². The van der Waals surface area contributed by atoms with Crippen LogP contribution in [0.1, 0.15) is 57.8 Å². The van der Waals surface area contributed by atoms with Crippen LogP contribution in [0.15, 0.2) is 30.5 Å². The van der Waals surface area contributed by atoms with E-state index in [1.807, 2.05) is 33.2 Å². The normalized spacial score (nSPS) is 15.2. The molecule has 2 aromatic rings. The van der Waals surface area contributed by atoms with Crippen molar-refractivity contribution in [1.29, 1.82) is 0 Å². The summed E-state index contributed by atoms with van der Waals surface area (Å²) in [4.78, 5) is 23.6. The third-order valence-corrected chi connectivity index (χ3v) is 4.81. The van der Waals surface area contributed by atoms with Gasteiger partial charge in [0.25, 0.3) is 5.91 Å². The topological polar surface area (TPSA) is 58.1 Å². The standard InChI is InChI=1S/C20H26N4O/c1-13-7-5-6-8-16(13)18(24(3)4)12-22-20(25)17-11-21-19(15-9-10-15)23-14(17)2/h5-8,11,15,18H,9-10,12H2,1-4H3,(H,22,25)/t18-/m1/s1. The van der Waals surface area contributed by atoms with Gasteiger partial charge < -0.3 is 10.2 Å². The van der Waals surface area contributed by atoms with E-state index in [1.54, 1.807) is 6.20 Å². The number of aryl methyl sites for hydroxylation is 2. The maximum absolute atomic E-state index is 12.6. The molecule has 1 fully saturated rings. The monoisotopic (exact) mass is 338 g/mol. The first-order valence-corrected chi connectivity index (χ1v) is 8.81. The lowest BCUT2D eigenvalue weighted by atomic mass is 10.0. The summed E-state index contributed by atoms with van der Waals surface area (Å²) >= 11 is 0. The second-order valence-corrected chi connectivity index (χ2v) is 7.05. The molecule has 3 rings (SSSR count). The Morgan fingerprint density at radius 3 is 2.60 bits per heavy atom. The third-order valence-electron chi connectivity index (χ3n) is 4.81. The number of likely N-dealkylation sites (N-methyl/N-ethyl adjacent to an activating group) is 1. The Morgan fingerprint density at radius 1 is 1.28 bits per heavy atom. The van der Waals surface area contributed by atoms with Gasteiger partial charge in [-0.3, -0.25) is 4.79 Å². The number of rotatable bonds is 6. The van der Waals surface area contributed by atoms with Gasteiger partial charge in [-0.25, -0.2) is 9.97 Å². The highest BCUT2D eigenvalue weighted by atomic mass is 16.1. The maximum Gasteiger partial charge on any atom is 0.254 e. The smallest absolute Gasteiger partial charge is 0.254 e. The van der Waals surface area contributed by atoms with Crippen LogP contribution in [0.4, 0.5) is 0 Å². The van der Waals surface area contributed by atoms with E-state index in [-0.39, 0.29) is 11.9 Å². The van der Waals surface area contributed by atoms with E-state index >= 15 is 0 Å². The number of hydrogen-bond donors (Lipinski definition) is 1. The van der Waals surface area contributed by atoms with E-state index in [4.69, 9.17) is 0 Å². The third kappa shape index (κ3) is 4.04. The average Bonchev–Trinajstić information content (AvgIpc) is 3.41. The highest BCUT2D eigenvalue weighted by Crippen LogP contribution is 2.37. The summed E-state index contributed by atoms with van der Waals surface area (Å²) < 4.78 is 0. The number of carbonyl (C=O) groups is 1. The molecule has 1 N–H and O–H groups in total. The fourth-order valence-corrected chi connectivity index (χ4v) is 3.06. The van der Waals surface area contributed by atoms with Gasteiger partial charge in [0.15, 0.2) is 0 Å². The van der Waals surface area contributed by atoms with Crippen molar-refractivity contribution in [2.75, 3.05) is 20.6 Å². The Kier molecular flexibility index (Phi) is 5.13. The van der Waals surface area contributed by atoms with Crippen LogP contribution in [0.25, 0.3) is 0 Å². The molecule has 0 bridgehead atoms. The van der Waals surface area contributed by atoms with E-state index in [0.717, 1.165) is 24.4 Å². The molecule has 1 aliphatic carbocycles. The minimum atomic E-state index is -0.111. The number of hydrogen-bond acceptors (Lipinski definition) is 4. The number of nitrogens with zero attached hydrogens (tertiary/aromatic N) is 3. The molecule has 1 saturated carbocycles. The van der Waals surface area contributed by atoms with Crippen LogP contribution in [-0.4, -0.2) is 41.4 Å². The Balaban J connectivity index is 1.70. The number of amides is 1. The van der Waals surface area contributed by atoms with E-state index in [9.17, 15) is 4.79 Å². The molecule has 0 saturated heterocycles. The van der Waals surface area contributed by atoms with E-state index in [1.165, 1.54) is 11.1 Å². The molecule has 0 spiro atoms. The number of nitrogens with one attached hydrogen (secondary N) is 1. The number of aromatic nitrogens is 2. The van der Waals surface area contributed by atoms with Crippen LogP contribution in [0.2, 0.25) is 0 Å². The molecule has 5 heteroatoms. The molecule has 1 aliphatic rings. The molecule has 132 valence electrons. The summed E-state index contributed by atoms with van der Waals surface area (Å²) in [5.74, 6) is 1.26. The highest BCUT2D eigenvalue weighted by molar-refractivity contribution is 5.94. The fraction of sp³-hybridized carbons (Fsp3) is 0.450. The van der Waals surface area contributed by atoms with Crippen molar-refractivity contribution in [2.24, 2.45) is 0 Å². The fourth-order valence-electron chi connectivity index (χ4n) is 3.06. The van der Waals surface area contributed by atoms with Crippen molar-refractivity contribution < 1.29 is 4.79 Å². The first kappa shape index (κ1) is 17.5. The lowest BCUT2D eigenvalue weighted by Crippen LogP contribution is -2.35. The van der Waals surface area contributed by atoms with Gasteiger partial charge in [-0.05, 0) is 51.9 Å². The Labute approximate surface area is 149 Å². The van der Waals surface area contributed by atoms with Crippen LogP contribution in [0, 0.1) is 13.8 Å². The largest absolute Gasteiger partial charge is 0.350 e. The quantitative estimate of drug-likeness (QED) is 0.880. The molecule has 1 atom stereocenters. The van der Waals surface area contributed by atoms with Crippen LogP contribution < -0.4 is 5.32 Å². The van der Waals surface area contributed by atoms with Crippen molar-refractivity contribution in [3.63, 3.8) is 0 Å². The molecule has 5 nitrogen and oxygen atoms in total. The van der Waals surface area contributed by atoms with Crippen LogP contribution in [0.3, 0.4) is 0 Å². The molecule has 1 heterocycles. The van der Waals surface area contributed by atoms with E-state index in [0.29, 0.717) is 18.0 Å². The summed E-state index contributed by atoms with van der Waals surface area (Å²) in [5, 5.41) is 3.05. The first-order valence-electron chi connectivity index (χ1n) is 8.81. The minimum absolute atomic E-state index is 0.111. The summed E-state index contributed by atoms with van der Waals surface area (Å²) in [6.07, 6.45) is 3.99. The van der Waals surface area contributed by atoms with Crippen LogP contribution in [-0.2, 0) is 0 Å².